The van der Waals surface area contributed by atoms with Crippen LogP contribution in [0.5, 0.6) is 0 Å². The van der Waals surface area contributed by atoms with Crippen LogP contribution < -0.4 is 0 Å². The van der Waals surface area contributed by atoms with Crippen molar-refractivity contribution in [3.63, 3.8) is 0 Å². The molecule has 0 saturated carbocycles. The molecule has 0 N–H and O–H groups in total. The lowest BCUT2D eigenvalue weighted by Gasteiger charge is -2.05. The minimum Gasteiger partial charge on any atom is -0.258 e. The van der Waals surface area contributed by atoms with Crippen molar-refractivity contribution < 1.29 is 9.31 Å². The van der Waals surface area contributed by atoms with Crippen molar-refractivity contribution in [2.24, 2.45) is 0 Å². The Hall–Kier alpha value is -1.72. The van der Waals surface area contributed by atoms with Crippen molar-refractivity contribution in [3.8, 4) is 11.3 Å². The maximum Gasteiger partial charge on any atom is 0.298 e. The molecule has 92 valence electrons. The van der Waals surface area contributed by atoms with Gasteiger partial charge in [-0.1, -0.05) is 23.2 Å². The molecular formula is C11H5Cl2FN2O2. The monoisotopic (exact) mass is 286 g/mol. The maximum absolute atomic E-state index is 13.0. The topological polar surface area (TPSA) is 56.0 Å². The normalized spacial score (nSPS) is 10.4. The predicted molar refractivity (Wildman–Crippen MR) is 66.3 cm³/mol. The summed E-state index contributed by atoms with van der Waals surface area (Å²) in [7, 11) is 0. The number of pyridine rings is 1. The molecule has 0 aliphatic rings. The minimum atomic E-state index is -0.788. The van der Waals surface area contributed by atoms with Gasteiger partial charge in [0, 0.05) is 10.6 Å². The first-order valence-electron chi connectivity index (χ1n) is 4.74. The molecule has 0 unspecified atom stereocenters. The summed E-state index contributed by atoms with van der Waals surface area (Å²) >= 11 is 11.7. The van der Waals surface area contributed by atoms with Gasteiger partial charge in [0.15, 0.2) is 0 Å². The molecule has 0 fully saturated rings. The average Bonchev–Trinajstić information content (AvgIpc) is 2.32. The van der Waals surface area contributed by atoms with Crippen LogP contribution in [-0.2, 0) is 0 Å². The van der Waals surface area contributed by atoms with Gasteiger partial charge in [-0.05, 0) is 18.2 Å². The number of benzene rings is 1. The Morgan fingerprint density at radius 3 is 2.67 bits per heavy atom. The summed E-state index contributed by atoms with van der Waals surface area (Å²) in [6.45, 7) is 0. The van der Waals surface area contributed by atoms with Crippen molar-refractivity contribution in [1.82, 2.24) is 4.98 Å². The SMILES string of the molecule is O=[N+]([O-])c1cc(F)cnc1-c1cc(Cl)ccc1Cl. The zero-order valence-electron chi connectivity index (χ0n) is 8.73. The summed E-state index contributed by atoms with van der Waals surface area (Å²) in [4.78, 5) is 13.9. The summed E-state index contributed by atoms with van der Waals surface area (Å²) < 4.78 is 13.0. The lowest BCUT2D eigenvalue weighted by atomic mass is 10.1. The highest BCUT2D eigenvalue weighted by Crippen LogP contribution is 2.34. The maximum atomic E-state index is 13.0. The third-order valence-electron chi connectivity index (χ3n) is 2.21. The van der Waals surface area contributed by atoms with Crippen LogP contribution in [0.2, 0.25) is 10.0 Å². The number of halogens is 3. The highest BCUT2D eigenvalue weighted by molar-refractivity contribution is 6.35. The molecule has 2 rings (SSSR count). The first kappa shape index (κ1) is 12.7. The highest BCUT2D eigenvalue weighted by atomic mass is 35.5. The summed E-state index contributed by atoms with van der Waals surface area (Å²) in [6.07, 6.45) is 0.888. The standard InChI is InChI=1S/C11H5Cl2FN2O2/c12-6-1-2-9(13)8(3-6)11-10(16(17)18)4-7(14)5-15-11/h1-5H. The second-order valence-electron chi connectivity index (χ2n) is 3.40. The fraction of sp³-hybridized carbons (Fsp3) is 0. The molecule has 4 nitrogen and oxygen atoms in total. The van der Waals surface area contributed by atoms with E-state index in [1.54, 1.807) is 6.07 Å². The molecule has 1 heterocycles. The molecule has 0 aliphatic heterocycles. The number of nitrogens with zero attached hydrogens (tertiary/aromatic N) is 2. The first-order valence-corrected chi connectivity index (χ1v) is 5.50. The van der Waals surface area contributed by atoms with Gasteiger partial charge in [-0.25, -0.2) is 9.37 Å². The molecule has 18 heavy (non-hydrogen) atoms. The number of rotatable bonds is 2. The molecule has 7 heteroatoms. The summed E-state index contributed by atoms with van der Waals surface area (Å²) in [5, 5.41) is 11.5. The van der Waals surface area contributed by atoms with E-state index in [2.05, 4.69) is 4.98 Å². The molecule has 0 aliphatic carbocycles. The quantitative estimate of drug-likeness (QED) is 0.617. The molecule has 0 bridgehead atoms. The van der Waals surface area contributed by atoms with Crippen LogP contribution in [0.3, 0.4) is 0 Å². The van der Waals surface area contributed by atoms with E-state index in [4.69, 9.17) is 23.2 Å². The molecule has 1 aromatic heterocycles. The van der Waals surface area contributed by atoms with E-state index >= 15 is 0 Å². The van der Waals surface area contributed by atoms with Crippen LogP contribution in [0, 0.1) is 15.9 Å². The van der Waals surface area contributed by atoms with Crippen LogP contribution in [0.25, 0.3) is 11.3 Å². The zero-order chi connectivity index (χ0) is 13.3. The van der Waals surface area contributed by atoms with E-state index in [9.17, 15) is 14.5 Å². The van der Waals surface area contributed by atoms with Crippen LogP contribution in [0.15, 0.2) is 30.5 Å². The Balaban J connectivity index is 2.70. The van der Waals surface area contributed by atoms with Crippen molar-refractivity contribution in [3.05, 3.63) is 56.4 Å². The van der Waals surface area contributed by atoms with Crippen LogP contribution in [0.1, 0.15) is 0 Å². The summed E-state index contributed by atoms with van der Waals surface area (Å²) in [5.74, 6) is -0.788. The van der Waals surface area contributed by atoms with Crippen LogP contribution in [-0.4, -0.2) is 9.91 Å². The largest absolute Gasteiger partial charge is 0.298 e. The molecule has 0 amide bonds. The highest BCUT2D eigenvalue weighted by Gasteiger charge is 2.20. The molecule has 0 atom stereocenters. The van der Waals surface area contributed by atoms with Gasteiger partial charge in [0.25, 0.3) is 5.69 Å². The molecule has 0 saturated heterocycles. The average molecular weight is 287 g/mol. The number of hydrogen-bond acceptors (Lipinski definition) is 3. The first-order chi connectivity index (χ1) is 8.49. The van der Waals surface area contributed by atoms with Gasteiger partial charge in [-0.2, -0.15) is 0 Å². The summed E-state index contributed by atoms with van der Waals surface area (Å²) in [5.41, 5.74) is -0.191. The molecule has 0 radical (unpaired) electrons. The number of aromatic nitrogens is 1. The second-order valence-corrected chi connectivity index (χ2v) is 4.25. The number of hydrogen-bond donors (Lipinski definition) is 0. The van der Waals surface area contributed by atoms with Crippen LogP contribution in [0.4, 0.5) is 10.1 Å². The Morgan fingerprint density at radius 2 is 2.00 bits per heavy atom. The fourth-order valence-corrected chi connectivity index (χ4v) is 1.83. The Bertz CT molecular complexity index is 634. The van der Waals surface area contributed by atoms with Crippen molar-refractivity contribution in [1.29, 1.82) is 0 Å². The van der Waals surface area contributed by atoms with Gasteiger partial charge < -0.3 is 0 Å². The van der Waals surface area contributed by atoms with E-state index in [0.717, 1.165) is 12.3 Å². The second kappa shape index (κ2) is 4.88. The van der Waals surface area contributed by atoms with Crippen LogP contribution >= 0.6 is 23.2 Å². The number of nitro groups is 1. The molecular weight excluding hydrogens is 282 g/mol. The molecule has 1 aromatic carbocycles. The van der Waals surface area contributed by atoms with Gasteiger partial charge >= 0.3 is 0 Å². The molecule has 2 aromatic rings. The van der Waals surface area contributed by atoms with E-state index in [0.29, 0.717) is 5.02 Å². The third kappa shape index (κ3) is 2.42. The van der Waals surface area contributed by atoms with Gasteiger partial charge in [0.05, 0.1) is 22.2 Å². The zero-order valence-corrected chi connectivity index (χ0v) is 10.2. The smallest absolute Gasteiger partial charge is 0.258 e. The lowest BCUT2D eigenvalue weighted by molar-refractivity contribution is -0.384. The lowest BCUT2D eigenvalue weighted by Crippen LogP contribution is -1.96. The minimum absolute atomic E-state index is 0.0195. The van der Waals surface area contributed by atoms with E-state index in [1.165, 1.54) is 12.1 Å². The van der Waals surface area contributed by atoms with Gasteiger partial charge in [-0.15, -0.1) is 0 Å². The van der Waals surface area contributed by atoms with Crippen molar-refractivity contribution in [2.45, 2.75) is 0 Å². The fourth-order valence-electron chi connectivity index (χ4n) is 1.45. The molecule has 0 spiro atoms. The van der Waals surface area contributed by atoms with E-state index < -0.39 is 16.4 Å². The Kier molecular flexibility index (Phi) is 3.45. The van der Waals surface area contributed by atoms with Gasteiger partial charge in [-0.3, -0.25) is 10.1 Å². The Morgan fingerprint density at radius 1 is 1.28 bits per heavy atom. The van der Waals surface area contributed by atoms with E-state index in [-0.39, 0.29) is 16.3 Å². The van der Waals surface area contributed by atoms with Crippen molar-refractivity contribution >= 4 is 28.9 Å². The van der Waals surface area contributed by atoms with Gasteiger partial charge in [0.2, 0.25) is 0 Å². The van der Waals surface area contributed by atoms with Crippen molar-refractivity contribution in [2.75, 3.05) is 0 Å². The third-order valence-corrected chi connectivity index (χ3v) is 2.78. The Labute approximate surface area is 111 Å². The van der Waals surface area contributed by atoms with E-state index in [1.807, 2.05) is 0 Å². The van der Waals surface area contributed by atoms with Gasteiger partial charge in [0.1, 0.15) is 11.5 Å². The summed E-state index contributed by atoms with van der Waals surface area (Å²) in [6, 6.07) is 5.27. The predicted octanol–water partition coefficient (Wildman–Crippen LogP) is 4.10.